The lowest BCUT2D eigenvalue weighted by molar-refractivity contribution is -0.518. The first-order chi connectivity index (χ1) is 9.34. The van der Waals surface area contributed by atoms with Gasteiger partial charge in [0.1, 0.15) is 0 Å². The predicted octanol–water partition coefficient (Wildman–Crippen LogP) is 1.04. The Bertz CT molecular complexity index is 928. The van der Waals surface area contributed by atoms with Crippen molar-refractivity contribution in [3.05, 3.63) is 72.6 Å². The Kier molecular flexibility index (Phi) is 3.19. The lowest BCUT2D eigenvalue weighted by Crippen LogP contribution is -3.00. The van der Waals surface area contributed by atoms with Gasteiger partial charge in [-0.15, -0.1) is 0 Å². The first-order valence-electron chi connectivity index (χ1n) is 6.56. The van der Waals surface area contributed by atoms with E-state index in [-0.39, 0.29) is 17.0 Å². The zero-order valence-corrected chi connectivity index (χ0v) is 12.8. The molecule has 0 spiro atoms. The van der Waals surface area contributed by atoms with Gasteiger partial charge in [0, 0.05) is 35.9 Å². The van der Waals surface area contributed by atoms with Crippen LogP contribution >= 0.6 is 0 Å². The van der Waals surface area contributed by atoms with Crippen LogP contribution in [0.3, 0.4) is 0 Å². The molecule has 98 valence electrons. The molecule has 0 aliphatic carbocycles. The van der Waals surface area contributed by atoms with Gasteiger partial charge in [-0.25, -0.2) is 0 Å². The van der Waals surface area contributed by atoms with Crippen LogP contribution in [0, 0.1) is 6.92 Å². The number of hydrogen-bond acceptors (Lipinski definition) is 0. The molecule has 20 heavy (non-hydrogen) atoms. The zero-order chi connectivity index (χ0) is 12.8. The standard InChI is InChI=1S/C18H14N.BrH/c1-13-16-10-9-14-6-2-3-8-17(14)18(16)12-15-7-4-5-11-19(13)15;/h2-12H,1H3;1H/q+1;/p-1. The molecule has 0 radical (unpaired) electrons. The van der Waals surface area contributed by atoms with E-state index in [0.717, 1.165) is 0 Å². The Labute approximate surface area is 128 Å². The molecule has 0 amide bonds. The number of rotatable bonds is 0. The fourth-order valence-electron chi connectivity index (χ4n) is 2.92. The van der Waals surface area contributed by atoms with Crippen molar-refractivity contribution in [1.82, 2.24) is 0 Å². The number of pyridine rings is 2. The summed E-state index contributed by atoms with van der Waals surface area (Å²) in [6.45, 7) is 2.18. The molecule has 2 heteroatoms. The molecule has 0 aliphatic heterocycles. The van der Waals surface area contributed by atoms with Gasteiger partial charge in [0.25, 0.3) is 0 Å². The SMILES string of the molecule is Cc1c2ccc3ccccc3c2cc2cccc[n+]12.[Br-]. The maximum absolute atomic E-state index is 2.28. The van der Waals surface area contributed by atoms with Gasteiger partial charge in [0.15, 0.2) is 11.9 Å². The maximum Gasteiger partial charge on any atom is 0.211 e. The molecule has 0 fully saturated rings. The van der Waals surface area contributed by atoms with E-state index in [1.54, 1.807) is 0 Å². The summed E-state index contributed by atoms with van der Waals surface area (Å²) in [5, 5.41) is 5.29. The Morgan fingerprint density at radius 1 is 0.750 bits per heavy atom. The van der Waals surface area contributed by atoms with Crippen LogP contribution in [0.25, 0.3) is 27.1 Å². The molecule has 0 aliphatic rings. The monoisotopic (exact) mass is 323 g/mol. The average Bonchev–Trinajstić information content (AvgIpc) is 2.47. The highest BCUT2D eigenvalue weighted by Gasteiger charge is 2.12. The van der Waals surface area contributed by atoms with Crippen LogP contribution in [-0.4, -0.2) is 0 Å². The highest BCUT2D eigenvalue weighted by Crippen LogP contribution is 2.26. The molecular formula is C18H14BrN. The summed E-state index contributed by atoms with van der Waals surface area (Å²) in [5.74, 6) is 0. The number of benzene rings is 2. The van der Waals surface area contributed by atoms with Gasteiger partial charge in [-0.05, 0) is 22.9 Å². The second-order valence-corrected chi connectivity index (χ2v) is 4.97. The third kappa shape index (κ3) is 1.80. The molecule has 2 aromatic carbocycles. The molecule has 2 aromatic heterocycles. The van der Waals surface area contributed by atoms with Gasteiger partial charge < -0.3 is 17.0 Å². The Morgan fingerprint density at radius 3 is 2.45 bits per heavy atom. The third-order valence-electron chi connectivity index (χ3n) is 3.91. The Hall–Kier alpha value is -1.93. The Balaban J connectivity index is 0.00000121. The summed E-state index contributed by atoms with van der Waals surface area (Å²) in [5.41, 5.74) is 2.53. The van der Waals surface area contributed by atoms with Gasteiger partial charge in [-0.1, -0.05) is 30.3 Å². The highest BCUT2D eigenvalue weighted by molar-refractivity contribution is 6.08. The Morgan fingerprint density at radius 2 is 1.55 bits per heavy atom. The average molecular weight is 324 g/mol. The normalized spacial score (nSPS) is 10.8. The van der Waals surface area contributed by atoms with E-state index >= 15 is 0 Å². The minimum Gasteiger partial charge on any atom is -1.00 e. The summed E-state index contributed by atoms with van der Waals surface area (Å²) in [6.07, 6.45) is 2.12. The van der Waals surface area contributed by atoms with E-state index in [1.165, 1.54) is 32.8 Å². The van der Waals surface area contributed by atoms with Crippen LogP contribution in [0.2, 0.25) is 0 Å². The molecule has 4 aromatic rings. The van der Waals surface area contributed by atoms with Crippen LogP contribution in [0.5, 0.6) is 0 Å². The van der Waals surface area contributed by atoms with E-state index < -0.39 is 0 Å². The van der Waals surface area contributed by atoms with Crippen molar-refractivity contribution >= 4 is 27.1 Å². The molecule has 0 saturated carbocycles. The van der Waals surface area contributed by atoms with Gasteiger partial charge in [-0.2, -0.15) is 4.40 Å². The highest BCUT2D eigenvalue weighted by atomic mass is 79.9. The van der Waals surface area contributed by atoms with Gasteiger partial charge in [0.05, 0.1) is 0 Å². The first kappa shape index (κ1) is 13.1. The van der Waals surface area contributed by atoms with Gasteiger partial charge in [0.2, 0.25) is 5.52 Å². The topological polar surface area (TPSA) is 4.10 Å². The molecule has 0 N–H and O–H groups in total. The molecule has 1 nitrogen and oxygen atoms in total. The minimum absolute atomic E-state index is 0. The van der Waals surface area contributed by atoms with Crippen LogP contribution in [0.1, 0.15) is 5.69 Å². The van der Waals surface area contributed by atoms with Crippen LogP contribution in [0.15, 0.2) is 66.9 Å². The molecular weight excluding hydrogens is 310 g/mol. The van der Waals surface area contributed by atoms with Crippen molar-refractivity contribution in [1.29, 1.82) is 0 Å². The number of nitrogens with zero attached hydrogens (tertiary/aromatic N) is 1. The number of halogens is 1. The number of aromatic nitrogens is 1. The quantitative estimate of drug-likeness (QED) is 0.259. The number of aryl methyl sites for hydroxylation is 1. The maximum atomic E-state index is 2.28. The lowest BCUT2D eigenvalue weighted by Gasteiger charge is -2.05. The fraction of sp³-hybridized carbons (Fsp3) is 0.0556. The van der Waals surface area contributed by atoms with Crippen molar-refractivity contribution in [2.24, 2.45) is 0 Å². The molecule has 2 heterocycles. The second-order valence-electron chi connectivity index (χ2n) is 4.97. The summed E-state index contributed by atoms with van der Waals surface area (Å²) in [7, 11) is 0. The smallest absolute Gasteiger partial charge is 0.211 e. The third-order valence-corrected chi connectivity index (χ3v) is 3.91. The summed E-state index contributed by atoms with van der Waals surface area (Å²) >= 11 is 0. The molecule has 0 atom stereocenters. The van der Waals surface area contributed by atoms with E-state index in [0.29, 0.717) is 0 Å². The molecule has 4 rings (SSSR count). The van der Waals surface area contributed by atoms with Crippen molar-refractivity contribution < 1.29 is 21.4 Å². The lowest BCUT2D eigenvalue weighted by atomic mass is 10.0. The fourth-order valence-corrected chi connectivity index (χ4v) is 2.92. The van der Waals surface area contributed by atoms with Crippen molar-refractivity contribution in [3.63, 3.8) is 0 Å². The number of fused-ring (bicyclic) bond motifs is 4. The first-order valence-corrected chi connectivity index (χ1v) is 6.56. The van der Waals surface area contributed by atoms with Crippen molar-refractivity contribution in [2.45, 2.75) is 6.92 Å². The van der Waals surface area contributed by atoms with Gasteiger partial charge >= 0.3 is 0 Å². The van der Waals surface area contributed by atoms with E-state index in [2.05, 4.69) is 78.2 Å². The van der Waals surface area contributed by atoms with Crippen LogP contribution in [0.4, 0.5) is 0 Å². The van der Waals surface area contributed by atoms with E-state index in [1.807, 2.05) is 0 Å². The molecule has 0 saturated heterocycles. The van der Waals surface area contributed by atoms with Crippen molar-refractivity contribution in [3.8, 4) is 0 Å². The van der Waals surface area contributed by atoms with Crippen LogP contribution < -0.4 is 21.4 Å². The summed E-state index contributed by atoms with van der Waals surface area (Å²) < 4.78 is 2.25. The molecule has 0 bridgehead atoms. The van der Waals surface area contributed by atoms with Gasteiger partial charge in [-0.3, -0.25) is 0 Å². The summed E-state index contributed by atoms with van der Waals surface area (Å²) in [6, 6.07) is 21.6. The van der Waals surface area contributed by atoms with E-state index in [9.17, 15) is 0 Å². The largest absolute Gasteiger partial charge is 1.00 e. The second kappa shape index (κ2) is 4.88. The van der Waals surface area contributed by atoms with Crippen LogP contribution in [-0.2, 0) is 0 Å². The number of hydrogen-bond donors (Lipinski definition) is 0. The predicted molar refractivity (Wildman–Crippen MR) is 79.4 cm³/mol. The van der Waals surface area contributed by atoms with E-state index in [4.69, 9.17) is 0 Å². The minimum atomic E-state index is 0. The zero-order valence-electron chi connectivity index (χ0n) is 11.2. The molecule has 0 unspecified atom stereocenters. The summed E-state index contributed by atoms with van der Waals surface area (Å²) in [4.78, 5) is 0. The van der Waals surface area contributed by atoms with Crippen molar-refractivity contribution in [2.75, 3.05) is 0 Å².